The SMILES string of the molecule is O=C(NCC(O)C(O)c1cn[nH]c1-c1cccc(F)c1)OCC1c2ccccc2-c2ccccc21. The first-order valence-electron chi connectivity index (χ1n) is 11.3. The van der Waals surface area contributed by atoms with Gasteiger partial charge in [0.15, 0.2) is 0 Å². The van der Waals surface area contributed by atoms with Crippen molar-refractivity contribution in [2.45, 2.75) is 18.1 Å². The number of nitrogens with zero attached hydrogens (tertiary/aromatic N) is 1. The standard InChI is InChI=1S/C27H24FN3O4/c28-17-7-5-6-16(12-17)25-22(13-30-31-25)26(33)24(32)14-29-27(34)35-15-23-20-10-3-1-8-18(20)19-9-2-4-11-21(19)23/h1-13,23-24,26,32-33H,14-15H2,(H,29,34)(H,30,31). The molecule has 5 rings (SSSR count). The largest absolute Gasteiger partial charge is 0.449 e. The van der Waals surface area contributed by atoms with Crippen molar-refractivity contribution in [3.05, 3.63) is 102 Å². The number of hydrogen-bond acceptors (Lipinski definition) is 5. The number of aliphatic hydroxyl groups excluding tert-OH is 2. The molecule has 0 radical (unpaired) electrons. The second-order valence-electron chi connectivity index (χ2n) is 8.43. The molecule has 0 bridgehead atoms. The number of fused-ring (bicyclic) bond motifs is 3. The second-order valence-corrected chi connectivity index (χ2v) is 8.43. The van der Waals surface area contributed by atoms with E-state index in [1.807, 2.05) is 36.4 Å². The summed E-state index contributed by atoms with van der Waals surface area (Å²) >= 11 is 0. The molecule has 0 fully saturated rings. The van der Waals surface area contributed by atoms with E-state index in [-0.39, 0.29) is 24.6 Å². The topological polar surface area (TPSA) is 107 Å². The number of H-pyrrole nitrogens is 1. The molecule has 0 aliphatic heterocycles. The molecule has 1 heterocycles. The van der Waals surface area contributed by atoms with Crippen molar-refractivity contribution >= 4 is 6.09 Å². The van der Waals surface area contributed by atoms with Gasteiger partial charge in [-0.05, 0) is 34.4 Å². The third kappa shape index (κ3) is 4.53. The molecule has 1 amide bonds. The van der Waals surface area contributed by atoms with Gasteiger partial charge in [-0.2, -0.15) is 5.10 Å². The monoisotopic (exact) mass is 473 g/mol. The Bertz CT molecular complexity index is 1310. The number of aromatic amines is 1. The molecule has 0 saturated heterocycles. The fourth-order valence-electron chi connectivity index (χ4n) is 4.55. The molecule has 0 spiro atoms. The maximum absolute atomic E-state index is 13.6. The summed E-state index contributed by atoms with van der Waals surface area (Å²) in [6, 6.07) is 21.9. The lowest BCUT2D eigenvalue weighted by Gasteiger charge is -2.19. The van der Waals surface area contributed by atoms with Crippen LogP contribution in [-0.4, -0.2) is 45.8 Å². The summed E-state index contributed by atoms with van der Waals surface area (Å²) in [6.07, 6.45) is -2.03. The number of alkyl carbamates (subject to hydrolysis) is 1. The van der Waals surface area contributed by atoms with Crippen LogP contribution in [0.15, 0.2) is 79.0 Å². The second kappa shape index (κ2) is 9.69. The van der Waals surface area contributed by atoms with Gasteiger partial charge in [-0.1, -0.05) is 60.7 Å². The van der Waals surface area contributed by atoms with Gasteiger partial charge >= 0.3 is 6.09 Å². The highest BCUT2D eigenvalue weighted by molar-refractivity contribution is 5.79. The van der Waals surface area contributed by atoms with Crippen LogP contribution in [-0.2, 0) is 4.74 Å². The van der Waals surface area contributed by atoms with Gasteiger partial charge in [0.1, 0.15) is 24.6 Å². The Morgan fingerprint density at radius 1 is 1.03 bits per heavy atom. The van der Waals surface area contributed by atoms with Gasteiger partial charge < -0.3 is 20.3 Å². The van der Waals surface area contributed by atoms with Crippen molar-refractivity contribution in [3.8, 4) is 22.4 Å². The van der Waals surface area contributed by atoms with E-state index in [4.69, 9.17) is 4.74 Å². The number of aromatic nitrogens is 2. The van der Waals surface area contributed by atoms with Gasteiger partial charge in [0.2, 0.25) is 0 Å². The van der Waals surface area contributed by atoms with E-state index < -0.39 is 24.1 Å². The van der Waals surface area contributed by atoms with Crippen molar-refractivity contribution in [1.82, 2.24) is 15.5 Å². The highest BCUT2D eigenvalue weighted by Gasteiger charge is 2.29. The smallest absolute Gasteiger partial charge is 0.407 e. The maximum atomic E-state index is 13.6. The predicted molar refractivity (Wildman–Crippen MR) is 128 cm³/mol. The molecule has 2 unspecified atom stereocenters. The summed E-state index contributed by atoms with van der Waals surface area (Å²) in [7, 11) is 0. The minimum atomic E-state index is -1.36. The zero-order valence-electron chi connectivity index (χ0n) is 18.7. The van der Waals surface area contributed by atoms with Gasteiger partial charge in [0.05, 0.1) is 11.9 Å². The van der Waals surface area contributed by atoms with E-state index >= 15 is 0 Å². The number of amides is 1. The minimum Gasteiger partial charge on any atom is -0.449 e. The molecule has 0 saturated carbocycles. The fraction of sp³-hybridized carbons (Fsp3) is 0.185. The normalized spacial score (nSPS) is 14.1. The lowest BCUT2D eigenvalue weighted by molar-refractivity contribution is 0.0189. The van der Waals surface area contributed by atoms with E-state index in [0.717, 1.165) is 22.3 Å². The number of rotatable bonds is 7. The van der Waals surface area contributed by atoms with Gasteiger partial charge in [-0.3, -0.25) is 5.10 Å². The van der Waals surface area contributed by atoms with Gasteiger partial charge in [0.25, 0.3) is 0 Å². The van der Waals surface area contributed by atoms with Crippen LogP contribution in [0, 0.1) is 5.82 Å². The number of nitrogens with one attached hydrogen (secondary N) is 2. The Morgan fingerprint density at radius 2 is 1.71 bits per heavy atom. The van der Waals surface area contributed by atoms with E-state index in [0.29, 0.717) is 11.3 Å². The number of carbonyl (C=O) groups excluding carboxylic acids is 1. The van der Waals surface area contributed by atoms with E-state index in [1.165, 1.54) is 24.4 Å². The highest BCUT2D eigenvalue weighted by Crippen LogP contribution is 2.44. The molecule has 7 nitrogen and oxygen atoms in total. The minimum absolute atomic E-state index is 0.0802. The molecule has 1 aliphatic rings. The highest BCUT2D eigenvalue weighted by atomic mass is 19.1. The lowest BCUT2D eigenvalue weighted by atomic mass is 9.98. The van der Waals surface area contributed by atoms with Crippen molar-refractivity contribution in [3.63, 3.8) is 0 Å². The summed E-state index contributed by atoms with van der Waals surface area (Å²) < 4.78 is 19.1. The first-order chi connectivity index (χ1) is 17.0. The quantitative estimate of drug-likeness (QED) is 0.323. The van der Waals surface area contributed by atoms with Crippen LogP contribution in [0.25, 0.3) is 22.4 Å². The van der Waals surface area contributed by atoms with E-state index in [2.05, 4.69) is 27.6 Å². The van der Waals surface area contributed by atoms with Gasteiger partial charge in [-0.25, -0.2) is 9.18 Å². The van der Waals surface area contributed by atoms with Crippen LogP contribution in [0.5, 0.6) is 0 Å². The predicted octanol–water partition coefficient (Wildman–Crippen LogP) is 4.15. The van der Waals surface area contributed by atoms with E-state index in [9.17, 15) is 19.4 Å². The molecular weight excluding hydrogens is 449 g/mol. The van der Waals surface area contributed by atoms with Crippen molar-refractivity contribution < 1.29 is 24.1 Å². The number of hydrogen-bond donors (Lipinski definition) is 4. The van der Waals surface area contributed by atoms with Crippen LogP contribution >= 0.6 is 0 Å². The Labute approximate surface area is 201 Å². The molecule has 35 heavy (non-hydrogen) atoms. The van der Waals surface area contributed by atoms with Crippen LogP contribution in [0.1, 0.15) is 28.7 Å². The molecule has 3 aromatic carbocycles. The Morgan fingerprint density at radius 3 is 2.40 bits per heavy atom. The average molecular weight is 474 g/mol. The van der Waals surface area contributed by atoms with Crippen LogP contribution in [0.3, 0.4) is 0 Å². The molecule has 4 aromatic rings. The summed E-state index contributed by atoms with van der Waals surface area (Å²) in [5, 5.41) is 30.2. The lowest BCUT2D eigenvalue weighted by Crippen LogP contribution is -2.36. The molecular formula is C27H24FN3O4. The molecule has 178 valence electrons. The zero-order valence-corrected chi connectivity index (χ0v) is 18.7. The fourth-order valence-corrected chi connectivity index (χ4v) is 4.55. The van der Waals surface area contributed by atoms with E-state index in [1.54, 1.807) is 6.07 Å². The number of ether oxygens (including phenoxy) is 1. The first-order valence-corrected chi connectivity index (χ1v) is 11.3. The van der Waals surface area contributed by atoms with Crippen LogP contribution in [0.2, 0.25) is 0 Å². The third-order valence-corrected chi connectivity index (χ3v) is 6.26. The number of halogens is 1. The molecule has 4 N–H and O–H groups in total. The summed E-state index contributed by atoms with van der Waals surface area (Å²) in [5.74, 6) is -0.515. The average Bonchev–Trinajstić information content (AvgIpc) is 3.49. The molecule has 8 heteroatoms. The number of carbonyl (C=O) groups is 1. The van der Waals surface area contributed by atoms with Gasteiger partial charge in [-0.15, -0.1) is 0 Å². The van der Waals surface area contributed by atoms with Crippen LogP contribution in [0.4, 0.5) is 9.18 Å². The Balaban J connectivity index is 1.19. The Hall–Kier alpha value is -4.01. The van der Waals surface area contributed by atoms with Crippen molar-refractivity contribution in [2.24, 2.45) is 0 Å². The van der Waals surface area contributed by atoms with Crippen molar-refractivity contribution in [2.75, 3.05) is 13.2 Å². The molecule has 2 atom stereocenters. The summed E-state index contributed by atoms with van der Waals surface area (Å²) in [5.41, 5.74) is 5.61. The third-order valence-electron chi connectivity index (χ3n) is 6.26. The van der Waals surface area contributed by atoms with Crippen LogP contribution < -0.4 is 5.32 Å². The van der Waals surface area contributed by atoms with Crippen molar-refractivity contribution in [1.29, 1.82) is 0 Å². The number of aliphatic hydroxyl groups is 2. The molecule has 1 aliphatic carbocycles. The maximum Gasteiger partial charge on any atom is 0.407 e. The van der Waals surface area contributed by atoms with Gasteiger partial charge in [0, 0.05) is 23.6 Å². The Kier molecular flexibility index (Phi) is 6.31. The summed E-state index contributed by atoms with van der Waals surface area (Å²) in [6.45, 7) is -0.102. The number of benzene rings is 3. The molecule has 1 aromatic heterocycles. The first kappa shape index (κ1) is 22.8. The summed E-state index contributed by atoms with van der Waals surface area (Å²) in [4.78, 5) is 12.4. The zero-order chi connectivity index (χ0) is 24.4.